The number of esters is 1. The second-order valence-corrected chi connectivity index (χ2v) is 6.57. The van der Waals surface area contributed by atoms with Crippen molar-refractivity contribution in [2.24, 2.45) is 5.92 Å². The van der Waals surface area contributed by atoms with Crippen molar-refractivity contribution in [1.29, 1.82) is 0 Å². The predicted octanol–water partition coefficient (Wildman–Crippen LogP) is 3.03. The number of rotatable bonds is 4. The first-order valence-corrected chi connectivity index (χ1v) is 8.39. The molecule has 0 aromatic heterocycles. The van der Waals surface area contributed by atoms with E-state index < -0.39 is 6.04 Å². The van der Waals surface area contributed by atoms with Gasteiger partial charge in [-0.3, -0.25) is 4.79 Å². The van der Waals surface area contributed by atoms with Crippen molar-refractivity contribution in [3.63, 3.8) is 0 Å². The highest BCUT2D eigenvalue weighted by Crippen LogP contribution is 2.31. The van der Waals surface area contributed by atoms with E-state index in [1.165, 1.54) is 0 Å². The quantitative estimate of drug-likeness (QED) is 0.802. The molecule has 2 rings (SSSR count). The number of carbonyl (C=O) groups is 2. The molecule has 1 aliphatic rings. The van der Waals surface area contributed by atoms with Gasteiger partial charge >= 0.3 is 5.97 Å². The molecule has 126 valence electrons. The zero-order valence-corrected chi connectivity index (χ0v) is 14.8. The van der Waals surface area contributed by atoms with Crippen LogP contribution in [0.3, 0.4) is 0 Å². The van der Waals surface area contributed by atoms with Crippen molar-refractivity contribution in [3.8, 4) is 0 Å². The summed E-state index contributed by atoms with van der Waals surface area (Å²) in [5, 5.41) is 0. The van der Waals surface area contributed by atoms with E-state index in [-0.39, 0.29) is 17.9 Å². The second-order valence-electron chi connectivity index (χ2n) is 6.57. The molecule has 0 saturated carbocycles. The van der Waals surface area contributed by atoms with E-state index in [1.54, 1.807) is 11.8 Å². The first kappa shape index (κ1) is 17.5. The molecule has 3 unspecified atom stereocenters. The number of hydrogen-bond acceptors (Lipinski definition) is 3. The summed E-state index contributed by atoms with van der Waals surface area (Å²) >= 11 is 0. The number of hydrogen-bond donors (Lipinski definition) is 0. The number of carbonyl (C=O) groups excluding carboxylic acids is 2. The fraction of sp³-hybridized carbons (Fsp3) is 0.579. The maximum absolute atomic E-state index is 12.9. The SMILES string of the molecule is CCOC(=O)C1CC(C)C(C)N1C(=O)Cc1c(C)cccc1C. The Kier molecular flexibility index (Phi) is 5.45. The second kappa shape index (κ2) is 7.16. The third-order valence-corrected chi connectivity index (χ3v) is 5.01. The van der Waals surface area contributed by atoms with E-state index in [2.05, 4.69) is 6.92 Å². The standard InChI is InChI=1S/C19H27NO3/c1-6-23-19(22)17-10-14(4)15(5)20(17)18(21)11-16-12(2)8-7-9-13(16)3/h7-9,14-15,17H,6,10-11H2,1-5H3. The fourth-order valence-corrected chi connectivity index (χ4v) is 3.44. The Hall–Kier alpha value is -1.84. The Labute approximate surface area is 138 Å². The van der Waals surface area contributed by atoms with Crippen LogP contribution in [0.25, 0.3) is 0 Å². The van der Waals surface area contributed by atoms with Gasteiger partial charge in [0, 0.05) is 6.04 Å². The maximum Gasteiger partial charge on any atom is 0.328 e. The topological polar surface area (TPSA) is 46.6 Å². The van der Waals surface area contributed by atoms with Crippen molar-refractivity contribution in [2.45, 2.75) is 59.5 Å². The first-order chi connectivity index (χ1) is 10.9. The summed E-state index contributed by atoms with van der Waals surface area (Å²) < 4.78 is 5.17. The molecule has 1 aromatic rings. The fourth-order valence-electron chi connectivity index (χ4n) is 3.44. The van der Waals surface area contributed by atoms with Crippen LogP contribution in [0.15, 0.2) is 18.2 Å². The molecule has 1 aliphatic heterocycles. The molecule has 0 bridgehead atoms. The molecule has 0 spiro atoms. The van der Waals surface area contributed by atoms with Gasteiger partial charge in [0.15, 0.2) is 0 Å². The Balaban J connectivity index is 2.23. The van der Waals surface area contributed by atoms with Crippen molar-refractivity contribution >= 4 is 11.9 Å². The Morgan fingerprint density at radius 1 is 1.22 bits per heavy atom. The minimum atomic E-state index is -0.447. The van der Waals surface area contributed by atoms with Crippen molar-refractivity contribution in [2.75, 3.05) is 6.61 Å². The van der Waals surface area contributed by atoms with Gasteiger partial charge in [0.2, 0.25) is 5.91 Å². The highest BCUT2D eigenvalue weighted by molar-refractivity contribution is 5.87. The van der Waals surface area contributed by atoms with Crippen LogP contribution in [-0.2, 0) is 20.7 Å². The van der Waals surface area contributed by atoms with Crippen molar-refractivity contribution < 1.29 is 14.3 Å². The molecule has 0 aliphatic carbocycles. The van der Waals surface area contributed by atoms with Gasteiger partial charge in [-0.1, -0.05) is 25.1 Å². The minimum absolute atomic E-state index is 0.0114. The van der Waals surface area contributed by atoms with E-state index in [4.69, 9.17) is 4.74 Å². The van der Waals surface area contributed by atoms with Crippen LogP contribution in [0.1, 0.15) is 43.9 Å². The number of benzene rings is 1. The van der Waals surface area contributed by atoms with E-state index >= 15 is 0 Å². The van der Waals surface area contributed by atoms with Gasteiger partial charge in [-0.15, -0.1) is 0 Å². The van der Waals surface area contributed by atoms with Gasteiger partial charge in [0.05, 0.1) is 13.0 Å². The molecule has 4 heteroatoms. The van der Waals surface area contributed by atoms with Crippen LogP contribution >= 0.6 is 0 Å². The van der Waals surface area contributed by atoms with Gasteiger partial charge in [0.25, 0.3) is 0 Å². The average Bonchev–Trinajstić information content (AvgIpc) is 2.79. The average molecular weight is 317 g/mol. The number of aryl methyl sites for hydroxylation is 2. The number of amides is 1. The minimum Gasteiger partial charge on any atom is -0.464 e. The van der Waals surface area contributed by atoms with Crippen LogP contribution in [0.5, 0.6) is 0 Å². The number of ether oxygens (including phenoxy) is 1. The van der Waals surface area contributed by atoms with E-state index in [0.717, 1.165) is 16.7 Å². The molecule has 0 N–H and O–H groups in total. The summed E-state index contributed by atoms with van der Waals surface area (Å²) in [5.41, 5.74) is 3.30. The smallest absolute Gasteiger partial charge is 0.328 e. The Bertz CT molecular complexity index is 576. The van der Waals surface area contributed by atoms with Crippen LogP contribution in [0, 0.1) is 19.8 Å². The Morgan fingerprint density at radius 2 is 1.83 bits per heavy atom. The van der Waals surface area contributed by atoms with Crippen LogP contribution in [0.2, 0.25) is 0 Å². The summed E-state index contributed by atoms with van der Waals surface area (Å²) in [6, 6.07) is 5.65. The van der Waals surface area contributed by atoms with Crippen LogP contribution in [-0.4, -0.2) is 35.5 Å². The summed E-state index contributed by atoms with van der Waals surface area (Å²) in [4.78, 5) is 26.9. The lowest BCUT2D eigenvalue weighted by molar-refractivity contribution is -0.153. The maximum atomic E-state index is 12.9. The zero-order chi connectivity index (χ0) is 17.1. The Morgan fingerprint density at radius 3 is 2.39 bits per heavy atom. The number of nitrogens with zero attached hydrogens (tertiary/aromatic N) is 1. The molecule has 4 nitrogen and oxygen atoms in total. The van der Waals surface area contributed by atoms with E-state index in [9.17, 15) is 9.59 Å². The molecule has 1 aromatic carbocycles. The highest BCUT2D eigenvalue weighted by atomic mass is 16.5. The van der Waals surface area contributed by atoms with Gasteiger partial charge in [-0.05, 0) is 56.7 Å². The normalized spacial score (nSPS) is 23.9. The molecule has 1 amide bonds. The molecule has 1 heterocycles. The summed E-state index contributed by atoms with van der Waals surface area (Å²) in [5.74, 6) is 0.0298. The van der Waals surface area contributed by atoms with E-state index in [0.29, 0.717) is 25.4 Å². The molecular formula is C19H27NO3. The van der Waals surface area contributed by atoms with Gasteiger partial charge in [-0.25, -0.2) is 4.79 Å². The zero-order valence-electron chi connectivity index (χ0n) is 14.8. The monoisotopic (exact) mass is 317 g/mol. The molecule has 1 fully saturated rings. The lowest BCUT2D eigenvalue weighted by Gasteiger charge is -2.28. The van der Waals surface area contributed by atoms with E-state index in [1.807, 2.05) is 39.0 Å². The third-order valence-electron chi connectivity index (χ3n) is 5.01. The van der Waals surface area contributed by atoms with Gasteiger partial charge in [-0.2, -0.15) is 0 Å². The third kappa shape index (κ3) is 3.57. The van der Waals surface area contributed by atoms with Crippen molar-refractivity contribution in [3.05, 3.63) is 34.9 Å². The first-order valence-electron chi connectivity index (χ1n) is 8.39. The van der Waals surface area contributed by atoms with Gasteiger partial charge < -0.3 is 9.64 Å². The van der Waals surface area contributed by atoms with Crippen LogP contribution in [0.4, 0.5) is 0 Å². The van der Waals surface area contributed by atoms with Crippen LogP contribution < -0.4 is 0 Å². The largest absolute Gasteiger partial charge is 0.464 e. The summed E-state index contributed by atoms with van der Waals surface area (Å²) in [7, 11) is 0. The molecular weight excluding hydrogens is 290 g/mol. The lowest BCUT2D eigenvalue weighted by Crippen LogP contribution is -2.45. The molecule has 23 heavy (non-hydrogen) atoms. The molecule has 3 atom stereocenters. The predicted molar refractivity (Wildman–Crippen MR) is 90.1 cm³/mol. The number of likely N-dealkylation sites (tertiary alicyclic amines) is 1. The molecule has 1 saturated heterocycles. The van der Waals surface area contributed by atoms with Gasteiger partial charge in [0.1, 0.15) is 6.04 Å². The highest BCUT2D eigenvalue weighted by Gasteiger charge is 2.43. The summed E-state index contributed by atoms with van der Waals surface area (Å²) in [6.07, 6.45) is 1.02. The molecule has 0 radical (unpaired) electrons. The lowest BCUT2D eigenvalue weighted by atomic mass is 9.99. The van der Waals surface area contributed by atoms with Crippen molar-refractivity contribution in [1.82, 2.24) is 4.90 Å². The summed E-state index contributed by atoms with van der Waals surface area (Å²) in [6.45, 7) is 10.3.